The first-order chi connectivity index (χ1) is 13.6. The molecule has 0 radical (unpaired) electrons. The number of esters is 3. The first kappa shape index (κ1) is 21.3. The van der Waals surface area contributed by atoms with Crippen molar-refractivity contribution in [1.29, 1.82) is 0 Å². The fourth-order valence-electron chi connectivity index (χ4n) is 3.92. The zero-order valence-corrected chi connectivity index (χ0v) is 17.0. The minimum absolute atomic E-state index is 0.0444. The van der Waals surface area contributed by atoms with Crippen molar-refractivity contribution in [3.05, 3.63) is 35.5 Å². The third-order valence-electron chi connectivity index (χ3n) is 5.91. The van der Waals surface area contributed by atoms with Gasteiger partial charge in [0.15, 0.2) is 0 Å². The highest BCUT2D eigenvalue weighted by molar-refractivity contribution is 5.93. The van der Waals surface area contributed by atoms with Gasteiger partial charge in [-0.15, -0.1) is 0 Å². The van der Waals surface area contributed by atoms with E-state index >= 15 is 0 Å². The van der Waals surface area contributed by atoms with Crippen LogP contribution < -0.4 is 0 Å². The summed E-state index contributed by atoms with van der Waals surface area (Å²) in [6, 6.07) is 0. The van der Waals surface area contributed by atoms with Crippen LogP contribution in [0.2, 0.25) is 0 Å². The molecule has 6 atom stereocenters. The van der Waals surface area contributed by atoms with Crippen LogP contribution in [0, 0.1) is 5.92 Å². The molecule has 0 aromatic rings. The van der Waals surface area contributed by atoms with Crippen molar-refractivity contribution in [1.82, 2.24) is 0 Å². The highest BCUT2D eigenvalue weighted by Crippen LogP contribution is 2.50. The lowest BCUT2D eigenvalue weighted by atomic mass is 9.80. The van der Waals surface area contributed by atoms with Gasteiger partial charge in [0.05, 0.1) is 24.2 Å². The molecule has 0 aromatic carbocycles. The summed E-state index contributed by atoms with van der Waals surface area (Å²) in [6.07, 6.45) is 0.0991. The van der Waals surface area contributed by atoms with E-state index in [2.05, 4.69) is 6.58 Å². The normalized spacial score (nSPS) is 38.7. The molecule has 0 unspecified atom stereocenters. The Morgan fingerprint density at radius 2 is 2.10 bits per heavy atom. The van der Waals surface area contributed by atoms with E-state index in [0.29, 0.717) is 18.4 Å². The fraction of sp³-hybridized carbons (Fsp3) is 0.571. The third kappa shape index (κ3) is 3.74. The van der Waals surface area contributed by atoms with Gasteiger partial charge >= 0.3 is 17.9 Å². The zero-order valence-electron chi connectivity index (χ0n) is 17.0. The van der Waals surface area contributed by atoms with Gasteiger partial charge in [-0.05, 0) is 33.6 Å². The largest absolute Gasteiger partial charge is 0.466 e. The van der Waals surface area contributed by atoms with Crippen LogP contribution in [0.15, 0.2) is 35.5 Å². The molecule has 2 fully saturated rings. The predicted molar refractivity (Wildman–Crippen MR) is 100 cm³/mol. The number of epoxide rings is 1. The average molecular weight is 406 g/mol. The van der Waals surface area contributed by atoms with Crippen LogP contribution in [0.4, 0.5) is 0 Å². The summed E-state index contributed by atoms with van der Waals surface area (Å²) in [7, 11) is 1.20. The monoisotopic (exact) mass is 406 g/mol. The molecule has 8 heteroatoms. The van der Waals surface area contributed by atoms with Gasteiger partial charge in [0.25, 0.3) is 0 Å². The summed E-state index contributed by atoms with van der Waals surface area (Å²) in [5, 5.41) is 11.1. The highest BCUT2D eigenvalue weighted by atomic mass is 16.7. The first-order valence-corrected chi connectivity index (χ1v) is 9.52. The van der Waals surface area contributed by atoms with Crippen LogP contribution in [0.3, 0.4) is 0 Å². The second kappa shape index (κ2) is 7.76. The zero-order chi connectivity index (χ0) is 21.5. The average Bonchev–Trinajstić information content (AvgIpc) is 3.28. The third-order valence-corrected chi connectivity index (χ3v) is 5.91. The maximum atomic E-state index is 12.5. The van der Waals surface area contributed by atoms with E-state index < -0.39 is 53.8 Å². The number of carbonyl (C=O) groups excluding carboxylic acids is 3. The minimum Gasteiger partial charge on any atom is -0.466 e. The maximum Gasteiger partial charge on any atom is 0.336 e. The molecule has 29 heavy (non-hydrogen) atoms. The molecule has 1 N–H and O–H groups in total. The van der Waals surface area contributed by atoms with Gasteiger partial charge in [-0.1, -0.05) is 18.7 Å². The molecule has 0 bridgehead atoms. The Morgan fingerprint density at radius 1 is 1.41 bits per heavy atom. The highest BCUT2D eigenvalue weighted by Gasteiger charge is 2.64. The Hall–Kier alpha value is -2.45. The lowest BCUT2D eigenvalue weighted by molar-refractivity contribution is -0.157. The second-order valence-corrected chi connectivity index (χ2v) is 7.75. The SMILES string of the molecule is C=C1C(=O)O[C@H]2[C@H]1[C@H](OC(=O)/C(C)=C\C)[C@@H](O)/C(C(=O)OC)=C/CC[C@@]1(C)O[C@@H]21. The van der Waals surface area contributed by atoms with Gasteiger partial charge < -0.3 is 24.1 Å². The summed E-state index contributed by atoms with van der Waals surface area (Å²) >= 11 is 0. The smallest absolute Gasteiger partial charge is 0.336 e. The van der Waals surface area contributed by atoms with E-state index in [9.17, 15) is 19.5 Å². The van der Waals surface area contributed by atoms with Gasteiger partial charge in [-0.25, -0.2) is 14.4 Å². The quantitative estimate of drug-likeness (QED) is 0.324. The van der Waals surface area contributed by atoms with Crippen molar-refractivity contribution < 1.29 is 38.4 Å². The lowest BCUT2D eigenvalue weighted by Crippen LogP contribution is -2.46. The molecular formula is C21H26O8. The van der Waals surface area contributed by atoms with E-state index in [1.807, 2.05) is 6.92 Å². The number of methoxy groups -OCH3 is 1. The second-order valence-electron chi connectivity index (χ2n) is 7.75. The van der Waals surface area contributed by atoms with Crippen molar-refractivity contribution in [2.75, 3.05) is 7.11 Å². The van der Waals surface area contributed by atoms with Crippen LogP contribution >= 0.6 is 0 Å². The molecule has 0 amide bonds. The number of rotatable bonds is 3. The summed E-state index contributed by atoms with van der Waals surface area (Å²) in [4.78, 5) is 37.1. The number of hydrogen-bond donors (Lipinski definition) is 1. The van der Waals surface area contributed by atoms with Gasteiger partial charge in [0.1, 0.15) is 24.4 Å². The van der Waals surface area contributed by atoms with Crippen molar-refractivity contribution in [2.24, 2.45) is 5.92 Å². The number of aliphatic hydroxyl groups is 1. The Labute approximate surface area is 169 Å². The van der Waals surface area contributed by atoms with Crippen LogP contribution in [-0.4, -0.2) is 60.1 Å². The maximum absolute atomic E-state index is 12.5. The Bertz CT molecular complexity index is 809. The van der Waals surface area contributed by atoms with Gasteiger partial charge in [0.2, 0.25) is 0 Å². The Balaban J connectivity index is 2.07. The summed E-state index contributed by atoms with van der Waals surface area (Å²) in [5.74, 6) is -2.93. The standard InChI is InChI=1S/C21H26O8/c1-6-10(2)18(23)27-15-13-11(3)19(24)28-16(13)17-21(4,29-17)9-7-8-12(14(15)22)20(25)26-5/h6,8,13-17,22H,3,7,9H2,1-2,4-5H3/b10-6-,12-8-/t13-,14+,15+,16+,17+,21-/m1/s1. The molecular weight excluding hydrogens is 380 g/mol. The van der Waals surface area contributed by atoms with E-state index in [1.54, 1.807) is 26.0 Å². The minimum atomic E-state index is -1.53. The van der Waals surface area contributed by atoms with Crippen LogP contribution in [0.1, 0.15) is 33.6 Å². The molecule has 8 nitrogen and oxygen atoms in total. The van der Waals surface area contributed by atoms with E-state index in [4.69, 9.17) is 18.9 Å². The molecule has 2 aliphatic heterocycles. The van der Waals surface area contributed by atoms with Gasteiger partial charge in [-0.3, -0.25) is 0 Å². The van der Waals surface area contributed by atoms with Crippen molar-refractivity contribution in [3.8, 4) is 0 Å². The van der Waals surface area contributed by atoms with Crippen molar-refractivity contribution >= 4 is 17.9 Å². The number of fused-ring (bicyclic) bond motifs is 3. The molecule has 0 spiro atoms. The lowest BCUT2D eigenvalue weighted by Gasteiger charge is -2.31. The molecule has 0 saturated carbocycles. The van der Waals surface area contributed by atoms with Crippen LogP contribution in [0.5, 0.6) is 0 Å². The Kier molecular flexibility index (Phi) is 5.69. The molecule has 1 aliphatic carbocycles. The number of carbonyl (C=O) groups is 3. The molecule has 3 aliphatic rings. The van der Waals surface area contributed by atoms with Gasteiger partial charge in [-0.2, -0.15) is 0 Å². The summed E-state index contributed by atoms with van der Waals surface area (Å²) < 4.78 is 21.7. The fourth-order valence-corrected chi connectivity index (χ4v) is 3.92. The topological polar surface area (TPSA) is 112 Å². The summed E-state index contributed by atoms with van der Waals surface area (Å²) in [6.45, 7) is 8.91. The molecule has 0 aromatic heterocycles. The number of hydrogen-bond acceptors (Lipinski definition) is 8. The van der Waals surface area contributed by atoms with E-state index in [-0.39, 0.29) is 11.1 Å². The Morgan fingerprint density at radius 3 is 2.72 bits per heavy atom. The molecule has 158 valence electrons. The number of ether oxygens (including phenoxy) is 4. The summed E-state index contributed by atoms with van der Waals surface area (Å²) in [5.41, 5.74) is -0.218. The number of allylic oxidation sites excluding steroid dienone is 2. The molecule has 2 heterocycles. The van der Waals surface area contributed by atoms with Gasteiger partial charge in [0, 0.05) is 11.1 Å². The van der Waals surface area contributed by atoms with Crippen molar-refractivity contribution in [2.45, 2.75) is 63.6 Å². The van der Waals surface area contributed by atoms with Crippen molar-refractivity contribution in [3.63, 3.8) is 0 Å². The van der Waals surface area contributed by atoms with E-state index in [0.717, 1.165) is 0 Å². The molecule has 3 rings (SSSR count). The first-order valence-electron chi connectivity index (χ1n) is 9.52. The predicted octanol–water partition coefficient (Wildman–Crippen LogP) is 1.37. The van der Waals surface area contributed by atoms with Crippen LogP contribution in [0.25, 0.3) is 0 Å². The van der Waals surface area contributed by atoms with Crippen LogP contribution in [-0.2, 0) is 33.3 Å². The van der Waals surface area contributed by atoms with E-state index in [1.165, 1.54) is 7.11 Å². The number of aliphatic hydroxyl groups excluding tert-OH is 1. The molecule has 2 saturated heterocycles.